The zero-order chi connectivity index (χ0) is 13.2. The fraction of sp³-hybridized carbons (Fsp3) is 0.538. The zero-order valence-corrected chi connectivity index (χ0v) is 12.1. The van der Waals surface area contributed by atoms with E-state index in [-0.39, 0.29) is 6.10 Å². The summed E-state index contributed by atoms with van der Waals surface area (Å²) in [7, 11) is 0. The number of hydrogen-bond acceptors (Lipinski definition) is 1. The Labute approximate surface area is 114 Å². The quantitative estimate of drug-likeness (QED) is 0.810. The van der Waals surface area contributed by atoms with E-state index in [2.05, 4.69) is 0 Å². The second-order valence-electron chi connectivity index (χ2n) is 4.67. The Morgan fingerprint density at radius 2 is 1.83 bits per heavy atom. The average molecular weight is 372 g/mol. The van der Waals surface area contributed by atoms with Crippen LogP contribution in [0.4, 0.5) is 13.2 Å². The molecule has 1 aliphatic carbocycles. The molecule has 2 unspecified atom stereocenters. The van der Waals surface area contributed by atoms with E-state index >= 15 is 0 Å². The minimum absolute atomic E-state index is 0.157. The molecule has 2 rings (SSSR count). The molecule has 0 aromatic heterocycles. The van der Waals surface area contributed by atoms with E-state index in [0.717, 1.165) is 27.3 Å². The third kappa shape index (κ3) is 3.88. The molecule has 0 heterocycles. The Balaban J connectivity index is 1.87. The van der Waals surface area contributed by atoms with Crippen LogP contribution in [0, 0.1) is 5.92 Å². The molecule has 0 saturated heterocycles. The molecule has 0 spiro atoms. The van der Waals surface area contributed by atoms with Crippen LogP contribution >= 0.6 is 0 Å². The summed E-state index contributed by atoms with van der Waals surface area (Å²) < 4.78 is 39.3. The molecule has 1 N–H and O–H groups in total. The van der Waals surface area contributed by atoms with Crippen LogP contribution in [0.3, 0.4) is 0 Å². The first-order valence-corrected chi connectivity index (χ1v) is 8.74. The van der Waals surface area contributed by atoms with Crippen LogP contribution in [0.1, 0.15) is 24.8 Å². The van der Waals surface area contributed by atoms with Gasteiger partial charge in [0.25, 0.3) is 0 Å². The first-order valence-electron chi connectivity index (χ1n) is 5.93. The van der Waals surface area contributed by atoms with Crippen LogP contribution in [0.5, 0.6) is 0 Å². The summed E-state index contributed by atoms with van der Waals surface area (Å²) >= 11 is -0.419. The summed E-state index contributed by atoms with van der Waals surface area (Å²) in [4.78, 5) is 0. The second-order valence-corrected chi connectivity index (χ2v) is 7.79. The number of alkyl halides is 3. The molecule has 0 aliphatic heterocycles. The van der Waals surface area contributed by atoms with E-state index < -0.39 is 32.7 Å². The number of aliphatic hydroxyl groups is 1. The van der Waals surface area contributed by atoms with Gasteiger partial charge in [-0.15, -0.1) is 0 Å². The molecular formula is C13H15F3OTe. The number of rotatable bonds is 3. The predicted molar refractivity (Wildman–Crippen MR) is 65.0 cm³/mol. The summed E-state index contributed by atoms with van der Waals surface area (Å²) in [6.07, 6.45) is -1.59. The van der Waals surface area contributed by atoms with Crippen molar-refractivity contribution in [2.75, 3.05) is 0 Å². The molecule has 18 heavy (non-hydrogen) atoms. The van der Waals surface area contributed by atoms with Gasteiger partial charge in [0.1, 0.15) is 0 Å². The van der Waals surface area contributed by atoms with E-state index in [9.17, 15) is 18.3 Å². The van der Waals surface area contributed by atoms with Crippen LogP contribution in [0.2, 0.25) is 4.47 Å². The second kappa shape index (κ2) is 5.81. The fourth-order valence-electron chi connectivity index (χ4n) is 2.15. The van der Waals surface area contributed by atoms with Gasteiger partial charge in [-0.3, -0.25) is 0 Å². The SMILES string of the molecule is OC1CCC(C[Te]c2ccc(C(F)(F)F)cc2)C1. The molecule has 0 bridgehead atoms. The first kappa shape index (κ1) is 14.2. The van der Waals surface area contributed by atoms with E-state index in [1.807, 2.05) is 0 Å². The summed E-state index contributed by atoms with van der Waals surface area (Å²) in [6, 6.07) is 5.56. The summed E-state index contributed by atoms with van der Waals surface area (Å²) in [5.74, 6) is 0.574. The van der Waals surface area contributed by atoms with Crippen LogP contribution < -0.4 is 3.61 Å². The molecule has 0 amide bonds. The molecule has 1 aromatic carbocycles. The van der Waals surface area contributed by atoms with Gasteiger partial charge in [0.2, 0.25) is 0 Å². The maximum atomic E-state index is 12.4. The van der Waals surface area contributed by atoms with E-state index in [4.69, 9.17) is 0 Å². The average Bonchev–Trinajstić information content (AvgIpc) is 2.72. The zero-order valence-electron chi connectivity index (χ0n) is 9.78. The Kier molecular flexibility index (Phi) is 4.58. The topological polar surface area (TPSA) is 20.2 Å². The van der Waals surface area contributed by atoms with Gasteiger partial charge in [-0.05, 0) is 0 Å². The Bertz CT molecular complexity index is 388. The van der Waals surface area contributed by atoms with Crippen molar-refractivity contribution in [3.05, 3.63) is 29.8 Å². The summed E-state index contributed by atoms with van der Waals surface area (Å²) in [6.45, 7) is 0. The third-order valence-corrected chi connectivity index (χ3v) is 6.73. The normalized spacial score (nSPS) is 24.4. The Morgan fingerprint density at radius 3 is 2.33 bits per heavy atom. The van der Waals surface area contributed by atoms with E-state index in [0.29, 0.717) is 5.92 Å². The molecule has 1 fully saturated rings. The van der Waals surface area contributed by atoms with Gasteiger partial charge in [-0.2, -0.15) is 0 Å². The number of benzene rings is 1. The van der Waals surface area contributed by atoms with Crippen LogP contribution in [0.15, 0.2) is 24.3 Å². The molecule has 1 nitrogen and oxygen atoms in total. The van der Waals surface area contributed by atoms with Crippen LogP contribution in [0.25, 0.3) is 0 Å². The molecular weight excluding hydrogens is 357 g/mol. The van der Waals surface area contributed by atoms with Crippen molar-refractivity contribution in [2.45, 2.75) is 36.0 Å². The van der Waals surface area contributed by atoms with Gasteiger partial charge in [-0.1, -0.05) is 0 Å². The van der Waals surface area contributed by atoms with Crippen molar-refractivity contribution < 1.29 is 18.3 Å². The van der Waals surface area contributed by atoms with Crippen molar-refractivity contribution in [1.82, 2.24) is 0 Å². The monoisotopic (exact) mass is 374 g/mol. The van der Waals surface area contributed by atoms with Crippen molar-refractivity contribution in [3.8, 4) is 0 Å². The van der Waals surface area contributed by atoms with Gasteiger partial charge >= 0.3 is 115 Å². The fourth-order valence-corrected chi connectivity index (χ4v) is 5.18. The van der Waals surface area contributed by atoms with Crippen molar-refractivity contribution >= 4 is 24.5 Å². The molecule has 0 radical (unpaired) electrons. The van der Waals surface area contributed by atoms with E-state index in [1.54, 1.807) is 12.1 Å². The van der Waals surface area contributed by atoms with Crippen molar-refractivity contribution in [1.29, 1.82) is 0 Å². The molecule has 1 aliphatic rings. The third-order valence-electron chi connectivity index (χ3n) is 3.18. The van der Waals surface area contributed by atoms with Crippen molar-refractivity contribution in [3.63, 3.8) is 0 Å². The molecule has 2 atom stereocenters. The minimum atomic E-state index is -4.24. The van der Waals surface area contributed by atoms with Crippen LogP contribution in [-0.4, -0.2) is 32.1 Å². The molecule has 100 valence electrons. The van der Waals surface area contributed by atoms with Gasteiger partial charge in [0, 0.05) is 0 Å². The molecule has 1 saturated carbocycles. The van der Waals surface area contributed by atoms with Crippen molar-refractivity contribution in [2.24, 2.45) is 5.92 Å². The maximum absolute atomic E-state index is 12.4. The van der Waals surface area contributed by atoms with Gasteiger partial charge < -0.3 is 0 Å². The standard InChI is InChI=1S/C13H15F3OTe/c14-13(15,16)10-2-5-12(6-3-10)18-8-9-1-4-11(17)7-9/h2-3,5-6,9,11,17H,1,4,7-8H2. The number of halogens is 3. The molecule has 1 aromatic rings. The van der Waals surface area contributed by atoms with E-state index in [1.165, 1.54) is 12.1 Å². The van der Waals surface area contributed by atoms with Gasteiger partial charge in [-0.25, -0.2) is 0 Å². The van der Waals surface area contributed by atoms with Gasteiger partial charge in [0.05, 0.1) is 0 Å². The predicted octanol–water partition coefficient (Wildman–Crippen LogP) is 2.61. The summed E-state index contributed by atoms with van der Waals surface area (Å²) in [5.41, 5.74) is -0.574. The number of hydrogen-bond donors (Lipinski definition) is 1. The van der Waals surface area contributed by atoms with Crippen LogP contribution in [-0.2, 0) is 6.18 Å². The van der Waals surface area contributed by atoms with Gasteiger partial charge in [0.15, 0.2) is 0 Å². The first-order chi connectivity index (χ1) is 8.45. The summed E-state index contributed by atoms with van der Waals surface area (Å²) in [5, 5.41) is 9.41. The number of aliphatic hydroxyl groups excluding tert-OH is 1. The Morgan fingerprint density at radius 1 is 1.17 bits per heavy atom. The molecule has 5 heteroatoms. The Hall–Kier alpha value is -0.240.